The van der Waals surface area contributed by atoms with Crippen LogP contribution in [0.15, 0.2) is 42.6 Å². The predicted octanol–water partition coefficient (Wildman–Crippen LogP) is 2.45. The third-order valence-corrected chi connectivity index (χ3v) is 3.05. The van der Waals surface area contributed by atoms with E-state index in [0.29, 0.717) is 11.4 Å². The quantitative estimate of drug-likeness (QED) is 0.911. The van der Waals surface area contributed by atoms with Crippen LogP contribution in [0, 0.1) is 0 Å². The maximum Gasteiger partial charge on any atom is 0.416 e. The molecule has 0 aliphatic rings. The number of carbonyl (C=O) groups is 1. The second kappa shape index (κ2) is 5.61. The second-order valence-electron chi connectivity index (χ2n) is 4.56. The summed E-state index contributed by atoms with van der Waals surface area (Å²) in [6.07, 6.45) is -2.65. The maximum absolute atomic E-state index is 12.5. The van der Waals surface area contributed by atoms with Crippen LogP contribution in [0.1, 0.15) is 11.3 Å². The topological polar surface area (TPSA) is 68.2 Å². The van der Waals surface area contributed by atoms with Crippen molar-refractivity contribution in [1.82, 2.24) is 4.57 Å². The Balaban J connectivity index is 2.27. The number of benzene rings is 1. The Labute approximate surface area is 118 Å². The van der Waals surface area contributed by atoms with Crippen molar-refractivity contribution in [1.29, 1.82) is 0 Å². The lowest BCUT2D eigenvalue weighted by Gasteiger charge is -2.13. The van der Waals surface area contributed by atoms with Crippen LogP contribution in [0.2, 0.25) is 0 Å². The summed E-state index contributed by atoms with van der Waals surface area (Å²) in [5, 5.41) is 8.81. The first-order valence-electron chi connectivity index (χ1n) is 6.11. The number of nitrogens with zero attached hydrogens (tertiary/aromatic N) is 1. The average Bonchev–Trinajstić information content (AvgIpc) is 2.86. The number of carboxylic acids is 1. The number of rotatable bonds is 4. The lowest BCUT2D eigenvalue weighted by Crippen LogP contribution is -2.32. The van der Waals surface area contributed by atoms with Gasteiger partial charge in [0.2, 0.25) is 0 Å². The third kappa shape index (κ3) is 3.43. The first kappa shape index (κ1) is 15.1. The minimum Gasteiger partial charge on any atom is -0.480 e. The fourth-order valence-electron chi connectivity index (χ4n) is 1.96. The maximum atomic E-state index is 12.5. The molecule has 1 aromatic carbocycles. The summed E-state index contributed by atoms with van der Waals surface area (Å²) in [4.78, 5) is 10.8. The molecular formula is C14H13F3N2O2. The fourth-order valence-corrected chi connectivity index (χ4v) is 1.96. The van der Waals surface area contributed by atoms with E-state index in [-0.39, 0.29) is 6.42 Å². The number of halogens is 3. The summed E-state index contributed by atoms with van der Waals surface area (Å²) in [7, 11) is 0. The molecule has 0 aliphatic heterocycles. The zero-order chi connectivity index (χ0) is 15.6. The number of nitrogens with two attached hydrogens (primary N) is 1. The smallest absolute Gasteiger partial charge is 0.416 e. The standard InChI is InChI=1S/C14H13F3N2O2/c15-14(16,17)9-3-5-10(6-4-9)19-7-1-2-11(19)8-12(18)13(20)21/h1-7,12H,8,18H2,(H,20,21). The van der Waals surface area contributed by atoms with E-state index in [4.69, 9.17) is 10.8 Å². The van der Waals surface area contributed by atoms with Crippen LogP contribution in [-0.4, -0.2) is 21.7 Å². The fraction of sp³-hybridized carbons (Fsp3) is 0.214. The molecule has 0 spiro atoms. The molecule has 3 N–H and O–H groups in total. The minimum absolute atomic E-state index is 0.0867. The molecule has 0 bridgehead atoms. The zero-order valence-corrected chi connectivity index (χ0v) is 10.8. The number of hydrogen-bond donors (Lipinski definition) is 2. The highest BCUT2D eigenvalue weighted by Crippen LogP contribution is 2.29. The van der Waals surface area contributed by atoms with Crippen molar-refractivity contribution in [2.45, 2.75) is 18.6 Å². The number of aromatic nitrogens is 1. The molecule has 1 heterocycles. The molecule has 7 heteroatoms. The first-order chi connectivity index (χ1) is 9.79. The minimum atomic E-state index is -4.39. The van der Waals surface area contributed by atoms with Crippen LogP contribution in [-0.2, 0) is 17.4 Å². The molecule has 1 atom stereocenters. The van der Waals surface area contributed by atoms with Crippen molar-refractivity contribution in [3.63, 3.8) is 0 Å². The number of hydrogen-bond acceptors (Lipinski definition) is 2. The monoisotopic (exact) mass is 298 g/mol. The number of aliphatic carboxylic acids is 1. The molecule has 1 unspecified atom stereocenters. The largest absolute Gasteiger partial charge is 0.480 e. The SMILES string of the molecule is NC(Cc1cccn1-c1ccc(C(F)(F)F)cc1)C(=O)O. The zero-order valence-electron chi connectivity index (χ0n) is 10.8. The van der Waals surface area contributed by atoms with E-state index in [0.717, 1.165) is 12.1 Å². The van der Waals surface area contributed by atoms with Gasteiger partial charge in [-0.15, -0.1) is 0 Å². The van der Waals surface area contributed by atoms with Gasteiger partial charge in [-0.25, -0.2) is 0 Å². The lowest BCUT2D eigenvalue weighted by atomic mass is 10.1. The summed E-state index contributed by atoms with van der Waals surface area (Å²) in [6, 6.07) is 6.93. The molecule has 0 saturated heterocycles. The average molecular weight is 298 g/mol. The molecule has 0 amide bonds. The van der Waals surface area contributed by atoms with Crippen LogP contribution in [0.4, 0.5) is 13.2 Å². The molecule has 0 aliphatic carbocycles. The lowest BCUT2D eigenvalue weighted by molar-refractivity contribution is -0.139. The number of carboxylic acid groups (broad SMARTS) is 1. The Morgan fingerprint density at radius 1 is 1.24 bits per heavy atom. The molecule has 21 heavy (non-hydrogen) atoms. The van der Waals surface area contributed by atoms with Crippen molar-refractivity contribution in [2.75, 3.05) is 0 Å². The highest BCUT2D eigenvalue weighted by Gasteiger charge is 2.30. The van der Waals surface area contributed by atoms with Crippen LogP contribution in [0.25, 0.3) is 5.69 Å². The van der Waals surface area contributed by atoms with Gasteiger partial charge in [-0.05, 0) is 36.4 Å². The van der Waals surface area contributed by atoms with Gasteiger partial charge in [0.1, 0.15) is 6.04 Å². The molecule has 0 fully saturated rings. The second-order valence-corrected chi connectivity index (χ2v) is 4.56. The number of alkyl halides is 3. The first-order valence-corrected chi connectivity index (χ1v) is 6.11. The van der Waals surface area contributed by atoms with Gasteiger partial charge in [0, 0.05) is 24.0 Å². The van der Waals surface area contributed by atoms with E-state index in [1.807, 2.05) is 0 Å². The summed E-state index contributed by atoms with van der Waals surface area (Å²) in [5.74, 6) is -1.13. The van der Waals surface area contributed by atoms with Crippen LogP contribution >= 0.6 is 0 Å². The highest BCUT2D eigenvalue weighted by atomic mass is 19.4. The summed E-state index contributed by atoms with van der Waals surface area (Å²) >= 11 is 0. The molecule has 112 valence electrons. The van der Waals surface area contributed by atoms with Gasteiger partial charge in [-0.3, -0.25) is 4.79 Å². The molecule has 1 aromatic heterocycles. The van der Waals surface area contributed by atoms with Gasteiger partial charge in [0.25, 0.3) is 0 Å². The Bertz CT molecular complexity index is 632. The van der Waals surface area contributed by atoms with Gasteiger partial charge >= 0.3 is 12.1 Å². The van der Waals surface area contributed by atoms with Crippen LogP contribution in [0.5, 0.6) is 0 Å². The van der Waals surface area contributed by atoms with E-state index in [2.05, 4.69) is 0 Å². The Morgan fingerprint density at radius 3 is 2.38 bits per heavy atom. The highest BCUT2D eigenvalue weighted by molar-refractivity contribution is 5.73. The van der Waals surface area contributed by atoms with Gasteiger partial charge < -0.3 is 15.4 Å². The van der Waals surface area contributed by atoms with Crippen LogP contribution in [0.3, 0.4) is 0 Å². The Morgan fingerprint density at radius 2 is 1.86 bits per heavy atom. The van der Waals surface area contributed by atoms with E-state index in [1.165, 1.54) is 12.1 Å². The summed E-state index contributed by atoms with van der Waals surface area (Å²) in [6.45, 7) is 0. The molecule has 0 radical (unpaired) electrons. The van der Waals surface area contributed by atoms with Gasteiger partial charge in [0.05, 0.1) is 5.56 Å². The van der Waals surface area contributed by atoms with Gasteiger partial charge in [-0.2, -0.15) is 13.2 Å². The molecule has 2 aromatic rings. The molecule has 2 rings (SSSR count). The van der Waals surface area contributed by atoms with Crippen molar-refractivity contribution >= 4 is 5.97 Å². The van der Waals surface area contributed by atoms with Crippen LogP contribution < -0.4 is 5.73 Å². The molecule has 4 nitrogen and oxygen atoms in total. The Kier molecular flexibility index (Phi) is 4.04. The van der Waals surface area contributed by atoms with E-state index in [9.17, 15) is 18.0 Å². The van der Waals surface area contributed by atoms with Crippen molar-refractivity contribution in [3.05, 3.63) is 53.9 Å². The predicted molar refractivity (Wildman–Crippen MR) is 70.1 cm³/mol. The van der Waals surface area contributed by atoms with E-state index >= 15 is 0 Å². The normalized spacial score (nSPS) is 13.1. The third-order valence-electron chi connectivity index (χ3n) is 3.05. The molecule has 0 saturated carbocycles. The molecular weight excluding hydrogens is 285 g/mol. The van der Waals surface area contributed by atoms with Crippen molar-refractivity contribution < 1.29 is 23.1 Å². The summed E-state index contributed by atoms with van der Waals surface area (Å²) in [5.41, 5.74) is 5.87. The van der Waals surface area contributed by atoms with E-state index < -0.39 is 23.8 Å². The van der Waals surface area contributed by atoms with Crippen molar-refractivity contribution in [3.8, 4) is 5.69 Å². The van der Waals surface area contributed by atoms with E-state index in [1.54, 1.807) is 22.9 Å². The Hall–Kier alpha value is -2.28. The van der Waals surface area contributed by atoms with Gasteiger partial charge in [-0.1, -0.05) is 0 Å². The summed E-state index contributed by atoms with van der Waals surface area (Å²) < 4.78 is 39.2. The van der Waals surface area contributed by atoms with Crippen molar-refractivity contribution in [2.24, 2.45) is 5.73 Å². The van der Waals surface area contributed by atoms with Gasteiger partial charge in [0.15, 0.2) is 0 Å².